The number of para-hydroxylation sites is 2. The Morgan fingerprint density at radius 1 is 1.27 bits per heavy atom. The van der Waals surface area contributed by atoms with E-state index < -0.39 is 0 Å². The van der Waals surface area contributed by atoms with Crippen LogP contribution in [0.25, 0.3) is 21.3 Å². The molecule has 0 radical (unpaired) electrons. The predicted octanol–water partition coefficient (Wildman–Crippen LogP) is 2.08. The third kappa shape index (κ3) is 3.36. The number of carbonyl (C=O) groups excluding carboxylic acids is 1. The number of aromatic nitrogens is 4. The zero-order chi connectivity index (χ0) is 17.9. The average Bonchev–Trinajstić information content (AvgIpc) is 3.27. The van der Waals surface area contributed by atoms with Crippen LogP contribution in [0.15, 0.2) is 46.8 Å². The number of fused-ring (bicyclic) bond motifs is 2. The molecule has 4 aromatic rings. The van der Waals surface area contributed by atoms with Crippen LogP contribution in [0.1, 0.15) is 12.2 Å². The second-order valence-electron chi connectivity index (χ2n) is 5.97. The lowest BCUT2D eigenvalue weighted by atomic mass is 10.3. The van der Waals surface area contributed by atoms with Crippen molar-refractivity contribution in [1.29, 1.82) is 0 Å². The third-order valence-corrected chi connectivity index (χ3v) is 4.94. The standard InChI is InChI=1S/C18H17N5O2S/c24-16(10-23-11-20-17-12(18(23)25)7-9-26-17)19-8-3-6-15-21-13-4-1-2-5-14(13)22-15/h1-2,4-5,7,9,11H,3,6,8,10H2,(H,19,24)(H,21,22). The van der Waals surface area contributed by atoms with Crippen molar-refractivity contribution >= 4 is 38.5 Å². The zero-order valence-corrected chi connectivity index (χ0v) is 14.8. The Balaban J connectivity index is 1.29. The topological polar surface area (TPSA) is 92.7 Å². The van der Waals surface area contributed by atoms with Gasteiger partial charge in [0.25, 0.3) is 5.56 Å². The Morgan fingerprint density at radius 2 is 2.15 bits per heavy atom. The minimum Gasteiger partial charge on any atom is -0.355 e. The van der Waals surface area contributed by atoms with Gasteiger partial charge < -0.3 is 10.3 Å². The van der Waals surface area contributed by atoms with Crippen LogP contribution in [0, 0.1) is 0 Å². The first-order chi connectivity index (χ1) is 12.7. The Hall–Kier alpha value is -3.00. The molecule has 0 aliphatic carbocycles. The zero-order valence-electron chi connectivity index (χ0n) is 13.9. The average molecular weight is 367 g/mol. The molecular weight excluding hydrogens is 350 g/mol. The molecule has 3 aromatic heterocycles. The number of H-pyrrole nitrogens is 1. The highest BCUT2D eigenvalue weighted by molar-refractivity contribution is 7.16. The lowest BCUT2D eigenvalue weighted by Crippen LogP contribution is -2.33. The fourth-order valence-electron chi connectivity index (χ4n) is 2.82. The molecule has 0 saturated heterocycles. The normalized spacial score (nSPS) is 11.2. The number of aryl methyl sites for hydroxylation is 1. The quantitative estimate of drug-likeness (QED) is 0.510. The molecule has 2 N–H and O–H groups in total. The van der Waals surface area contributed by atoms with Crippen LogP contribution < -0.4 is 10.9 Å². The van der Waals surface area contributed by atoms with Gasteiger partial charge in [0, 0.05) is 13.0 Å². The van der Waals surface area contributed by atoms with Crippen LogP contribution in [0.4, 0.5) is 0 Å². The Bertz CT molecular complexity index is 1090. The van der Waals surface area contributed by atoms with Crippen LogP contribution in [-0.2, 0) is 17.8 Å². The minimum absolute atomic E-state index is 0.0255. The molecule has 7 nitrogen and oxygen atoms in total. The smallest absolute Gasteiger partial charge is 0.262 e. The number of hydrogen-bond acceptors (Lipinski definition) is 5. The highest BCUT2D eigenvalue weighted by Gasteiger charge is 2.09. The molecule has 26 heavy (non-hydrogen) atoms. The molecular formula is C18H17N5O2S. The number of benzene rings is 1. The van der Waals surface area contributed by atoms with Gasteiger partial charge in [0.1, 0.15) is 17.2 Å². The highest BCUT2D eigenvalue weighted by Crippen LogP contribution is 2.13. The van der Waals surface area contributed by atoms with Gasteiger partial charge in [0.15, 0.2) is 0 Å². The summed E-state index contributed by atoms with van der Waals surface area (Å²) in [5.41, 5.74) is 1.78. The molecule has 0 aliphatic heterocycles. The summed E-state index contributed by atoms with van der Waals surface area (Å²) in [6.45, 7) is 0.501. The molecule has 0 unspecified atom stereocenters. The number of imidazole rings is 1. The van der Waals surface area contributed by atoms with E-state index in [0.29, 0.717) is 16.8 Å². The molecule has 0 saturated carbocycles. The monoisotopic (exact) mass is 367 g/mol. The van der Waals surface area contributed by atoms with Gasteiger partial charge in [-0.3, -0.25) is 14.2 Å². The molecule has 0 atom stereocenters. The molecule has 0 aliphatic rings. The largest absolute Gasteiger partial charge is 0.355 e. The van der Waals surface area contributed by atoms with Gasteiger partial charge in [-0.2, -0.15) is 0 Å². The fraction of sp³-hybridized carbons (Fsp3) is 0.222. The Kier molecular flexibility index (Phi) is 4.49. The fourth-order valence-corrected chi connectivity index (χ4v) is 3.55. The van der Waals surface area contributed by atoms with E-state index in [-0.39, 0.29) is 18.0 Å². The maximum Gasteiger partial charge on any atom is 0.262 e. The van der Waals surface area contributed by atoms with Gasteiger partial charge in [0.2, 0.25) is 5.91 Å². The van der Waals surface area contributed by atoms with E-state index >= 15 is 0 Å². The summed E-state index contributed by atoms with van der Waals surface area (Å²) in [5.74, 6) is 0.705. The summed E-state index contributed by atoms with van der Waals surface area (Å²) >= 11 is 1.41. The lowest BCUT2D eigenvalue weighted by molar-refractivity contribution is -0.121. The van der Waals surface area contributed by atoms with Gasteiger partial charge in [-0.1, -0.05) is 12.1 Å². The van der Waals surface area contributed by atoms with Gasteiger partial charge in [-0.25, -0.2) is 9.97 Å². The molecule has 3 heterocycles. The molecule has 0 fully saturated rings. The summed E-state index contributed by atoms with van der Waals surface area (Å²) < 4.78 is 1.34. The number of rotatable bonds is 6. The van der Waals surface area contributed by atoms with Crippen molar-refractivity contribution in [3.8, 4) is 0 Å². The van der Waals surface area contributed by atoms with E-state index in [9.17, 15) is 9.59 Å². The maximum atomic E-state index is 12.3. The van der Waals surface area contributed by atoms with Gasteiger partial charge in [-0.15, -0.1) is 11.3 Å². The summed E-state index contributed by atoms with van der Waals surface area (Å²) in [6, 6.07) is 9.61. The lowest BCUT2D eigenvalue weighted by Gasteiger charge is -2.06. The minimum atomic E-state index is -0.201. The van der Waals surface area contributed by atoms with E-state index in [4.69, 9.17) is 0 Å². The second kappa shape index (κ2) is 7.09. The number of thiophene rings is 1. The van der Waals surface area contributed by atoms with Crippen molar-refractivity contribution in [3.63, 3.8) is 0 Å². The number of aromatic amines is 1. The van der Waals surface area contributed by atoms with Crippen molar-refractivity contribution in [1.82, 2.24) is 24.8 Å². The van der Waals surface area contributed by atoms with Crippen LogP contribution in [-0.4, -0.2) is 32.0 Å². The first kappa shape index (κ1) is 16.5. The van der Waals surface area contributed by atoms with Crippen molar-refractivity contribution in [2.24, 2.45) is 0 Å². The van der Waals surface area contributed by atoms with E-state index in [2.05, 4.69) is 20.3 Å². The predicted molar refractivity (Wildman–Crippen MR) is 101 cm³/mol. The molecule has 8 heteroatoms. The number of nitrogens with zero attached hydrogens (tertiary/aromatic N) is 3. The first-order valence-electron chi connectivity index (χ1n) is 8.34. The highest BCUT2D eigenvalue weighted by atomic mass is 32.1. The molecule has 0 bridgehead atoms. The van der Waals surface area contributed by atoms with E-state index in [1.165, 1.54) is 22.2 Å². The number of amides is 1. The van der Waals surface area contributed by atoms with Crippen molar-refractivity contribution in [2.75, 3.05) is 6.54 Å². The summed E-state index contributed by atoms with van der Waals surface area (Å²) in [7, 11) is 0. The summed E-state index contributed by atoms with van der Waals surface area (Å²) in [6.07, 6.45) is 2.94. The van der Waals surface area contributed by atoms with Crippen molar-refractivity contribution < 1.29 is 4.79 Å². The van der Waals surface area contributed by atoms with Crippen LogP contribution in [0.5, 0.6) is 0 Å². The van der Waals surface area contributed by atoms with E-state index in [1.807, 2.05) is 29.6 Å². The van der Waals surface area contributed by atoms with Crippen molar-refractivity contribution in [2.45, 2.75) is 19.4 Å². The van der Waals surface area contributed by atoms with Crippen molar-refractivity contribution in [3.05, 3.63) is 58.2 Å². The maximum absolute atomic E-state index is 12.3. The van der Waals surface area contributed by atoms with E-state index in [1.54, 1.807) is 6.07 Å². The molecule has 1 aromatic carbocycles. The van der Waals surface area contributed by atoms with Gasteiger partial charge >= 0.3 is 0 Å². The van der Waals surface area contributed by atoms with E-state index in [0.717, 1.165) is 29.7 Å². The third-order valence-electron chi connectivity index (χ3n) is 4.12. The molecule has 132 valence electrons. The SMILES string of the molecule is O=C(Cn1cnc2sccc2c1=O)NCCCc1nc2ccccc2[nH]1. The molecule has 0 spiro atoms. The number of carbonyl (C=O) groups is 1. The Labute approximate surface area is 152 Å². The summed E-state index contributed by atoms with van der Waals surface area (Å²) in [4.78, 5) is 37.0. The second-order valence-corrected chi connectivity index (χ2v) is 6.87. The molecule has 1 amide bonds. The summed E-state index contributed by atoms with van der Waals surface area (Å²) in [5, 5.41) is 5.21. The van der Waals surface area contributed by atoms with Crippen LogP contribution in [0.2, 0.25) is 0 Å². The Morgan fingerprint density at radius 3 is 3.04 bits per heavy atom. The first-order valence-corrected chi connectivity index (χ1v) is 9.21. The van der Waals surface area contributed by atoms with Crippen LogP contribution in [0.3, 0.4) is 0 Å². The number of hydrogen-bond donors (Lipinski definition) is 2. The van der Waals surface area contributed by atoms with Crippen LogP contribution >= 0.6 is 11.3 Å². The van der Waals surface area contributed by atoms with Gasteiger partial charge in [-0.05, 0) is 30.0 Å². The number of nitrogens with one attached hydrogen (secondary N) is 2. The van der Waals surface area contributed by atoms with Gasteiger partial charge in [0.05, 0.1) is 22.7 Å². The molecule has 4 rings (SSSR count).